The number of nitrogens with one attached hydrogen (secondary N) is 1. The van der Waals surface area contributed by atoms with Gasteiger partial charge in [-0.25, -0.2) is 0 Å². The fourth-order valence-electron chi connectivity index (χ4n) is 3.13. The summed E-state index contributed by atoms with van der Waals surface area (Å²) in [5.41, 5.74) is 3.87. The van der Waals surface area contributed by atoms with Gasteiger partial charge in [0, 0.05) is 28.6 Å². The molecule has 4 aromatic rings. The van der Waals surface area contributed by atoms with Crippen molar-refractivity contribution in [1.82, 2.24) is 0 Å². The van der Waals surface area contributed by atoms with Crippen molar-refractivity contribution in [3.63, 3.8) is 0 Å². The molecule has 0 aliphatic rings. The first kappa shape index (κ1) is 15.4. The molecule has 1 heterocycles. The summed E-state index contributed by atoms with van der Waals surface area (Å²) in [4.78, 5) is 0. The molecule has 0 bridgehead atoms. The SMILES string of the molecule is COc1cccc(CNc2ccc3oc4ccccc4c3c2)c1OC. The van der Waals surface area contributed by atoms with Crippen LogP contribution in [0.1, 0.15) is 5.56 Å². The highest BCUT2D eigenvalue weighted by Crippen LogP contribution is 2.33. The van der Waals surface area contributed by atoms with Gasteiger partial charge >= 0.3 is 0 Å². The summed E-state index contributed by atoms with van der Waals surface area (Å²) in [6.07, 6.45) is 0. The van der Waals surface area contributed by atoms with Crippen LogP contribution in [0, 0.1) is 0 Å². The molecule has 0 unspecified atom stereocenters. The maximum atomic E-state index is 5.87. The fraction of sp³-hybridized carbons (Fsp3) is 0.143. The van der Waals surface area contributed by atoms with Crippen molar-refractivity contribution in [1.29, 1.82) is 0 Å². The van der Waals surface area contributed by atoms with Crippen molar-refractivity contribution in [2.75, 3.05) is 19.5 Å². The van der Waals surface area contributed by atoms with Gasteiger partial charge in [-0.05, 0) is 30.3 Å². The van der Waals surface area contributed by atoms with E-state index >= 15 is 0 Å². The first-order valence-corrected chi connectivity index (χ1v) is 8.15. The third-order valence-corrected chi connectivity index (χ3v) is 4.34. The molecule has 1 N–H and O–H groups in total. The second-order valence-electron chi connectivity index (χ2n) is 5.82. The Bertz CT molecular complexity index is 1040. The Morgan fingerprint density at radius 1 is 0.840 bits per heavy atom. The fourth-order valence-corrected chi connectivity index (χ4v) is 3.13. The lowest BCUT2D eigenvalue weighted by molar-refractivity contribution is 0.352. The monoisotopic (exact) mass is 333 g/mol. The summed E-state index contributed by atoms with van der Waals surface area (Å²) in [5.74, 6) is 1.49. The van der Waals surface area contributed by atoms with Gasteiger partial charge in [0.25, 0.3) is 0 Å². The van der Waals surface area contributed by atoms with E-state index in [-0.39, 0.29) is 0 Å². The van der Waals surface area contributed by atoms with Crippen molar-refractivity contribution < 1.29 is 13.9 Å². The van der Waals surface area contributed by atoms with Crippen LogP contribution in [-0.2, 0) is 6.54 Å². The summed E-state index contributed by atoms with van der Waals surface area (Å²) < 4.78 is 16.7. The minimum absolute atomic E-state index is 0.641. The molecule has 25 heavy (non-hydrogen) atoms. The number of anilines is 1. The first-order chi connectivity index (χ1) is 12.3. The van der Waals surface area contributed by atoms with Crippen LogP contribution in [0.4, 0.5) is 5.69 Å². The van der Waals surface area contributed by atoms with E-state index in [0.29, 0.717) is 6.54 Å². The largest absolute Gasteiger partial charge is 0.493 e. The van der Waals surface area contributed by atoms with E-state index in [9.17, 15) is 0 Å². The van der Waals surface area contributed by atoms with Gasteiger partial charge < -0.3 is 19.2 Å². The Labute approximate surface area is 146 Å². The topological polar surface area (TPSA) is 43.6 Å². The zero-order valence-corrected chi connectivity index (χ0v) is 14.2. The number of furan rings is 1. The number of para-hydroxylation sites is 2. The van der Waals surface area contributed by atoms with Crippen LogP contribution < -0.4 is 14.8 Å². The molecule has 4 nitrogen and oxygen atoms in total. The van der Waals surface area contributed by atoms with Crippen molar-refractivity contribution in [2.24, 2.45) is 0 Å². The second kappa shape index (κ2) is 6.40. The van der Waals surface area contributed by atoms with Gasteiger partial charge in [0.15, 0.2) is 11.5 Å². The molecule has 0 fully saturated rings. The molecule has 0 amide bonds. The van der Waals surface area contributed by atoms with Gasteiger partial charge in [0.05, 0.1) is 14.2 Å². The van der Waals surface area contributed by atoms with Crippen molar-refractivity contribution >= 4 is 27.6 Å². The summed E-state index contributed by atoms with van der Waals surface area (Å²) in [6.45, 7) is 0.641. The highest BCUT2D eigenvalue weighted by Gasteiger charge is 2.10. The molecule has 4 rings (SSSR count). The summed E-state index contributed by atoms with van der Waals surface area (Å²) in [6, 6.07) is 20.1. The molecule has 0 saturated heterocycles. The molecule has 0 spiro atoms. The number of rotatable bonds is 5. The normalized spacial score (nSPS) is 11.0. The smallest absolute Gasteiger partial charge is 0.165 e. The molecule has 126 valence electrons. The molecule has 0 atom stereocenters. The van der Waals surface area contributed by atoms with Gasteiger partial charge in [-0.15, -0.1) is 0 Å². The maximum absolute atomic E-state index is 5.87. The molecule has 0 radical (unpaired) electrons. The molecular formula is C21H19NO3. The highest BCUT2D eigenvalue weighted by molar-refractivity contribution is 6.05. The molecular weight excluding hydrogens is 314 g/mol. The van der Waals surface area contributed by atoms with Gasteiger partial charge in [-0.1, -0.05) is 30.3 Å². The maximum Gasteiger partial charge on any atom is 0.165 e. The number of fused-ring (bicyclic) bond motifs is 3. The van der Waals surface area contributed by atoms with Crippen LogP contribution in [0.15, 0.2) is 65.1 Å². The van der Waals surface area contributed by atoms with Crippen LogP contribution in [0.2, 0.25) is 0 Å². The van der Waals surface area contributed by atoms with Gasteiger partial charge in [0.2, 0.25) is 0 Å². The Balaban J connectivity index is 1.64. The predicted molar refractivity (Wildman–Crippen MR) is 101 cm³/mol. The lowest BCUT2D eigenvalue weighted by Crippen LogP contribution is -2.02. The lowest BCUT2D eigenvalue weighted by atomic mass is 10.1. The standard InChI is InChI=1S/C21H19NO3/c1-23-20-9-5-6-14(21(20)24-2)13-22-15-10-11-19-17(12-15)16-7-3-4-8-18(16)25-19/h3-12,22H,13H2,1-2H3. The van der Waals surface area contributed by atoms with Gasteiger partial charge in [0.1, 0.15) is 11.2 Å². The first-order valence-electron chi connectivity index (χ1n) is 8.15. The molecule has 0 saturated carbocycles. The quantitative estimate of drug-likeness (QED) is 0.544. The van der Waals surface area contributed by atoms with E-state index in [4.69, 9.17) is 13.9 Å². The van der Waals surface area contributed by atoms with Crippen molar-refractivity contribution in [2.45, 2.75) is 6.54 Å². The third kappa shape index (κ3) is 2.76. The Hall–Kier alpha value is -3.14. The summed E-state index contributed by atoms with van der Waals surface area (Å²) in [5, 5.41) is 5.69. The second-order valence-corrected chi connectivity index (χ2v) is 5.82. The van der Waals surface area contributed by atoms with Crippen LogP contribution in [0.25, 0.3) is 21.9 Å². The zero-order chi connectivity index (χ0) is 17.2. The molecule has 0 aliphatic carbocycles. The number of hydrogen-bond donors (Lipinski definition) is 1. The van der Waals surface area contributed by atoms with Crippen LogP contribution in [0.5, 0.6) is 11.5 Å². The minimum atomic E-state index is 0.641. The Kier molecular flexibility index (Phi) is 3.94. The number of methoxy groups -OCH3 is 2. The number of ether oxygens (including phenoxy) is 2. The summed E-state index contributed by atoms with van der Waals surface area (Å²) >= 11 is 0. The van der Waals surface area contributed by atoms with Crippen molar-refractivity contribution in [3.05, 3.63) is 66.2 Å². The Morgan fingerprint density at radius 2 is 1.68 bits per heavy atom. The van der Waals surface area contributed by atoms with Crippen LogP contribution in [0.3, 0.4) is 0 Å². The molecule has 1 aromatic heterocycles. The molecule has 3 aromatic carbocycles. The van der Waals surface area contributed by atoms with E-state index < -0.39 is 0 Å². The zero-order valence-electron chi connectivity index (χ0n) is 14.2. The average molecular weight is 333 g/mol. The minimum Gasteiger partial charge on any atom is -0.493 e. The molecule has 0 aliphatic heterocycles. The van der Waals surface area contributed by atoms with E-state index in [1.165, 1.54) is 0 Å². The van der Waals surface area contributed by atoms with E-state index in [2.05, 4.69) is 17.4 Å². The highest BCUT2D eigenvalue weighted by atomic mass is 16.5. The van der Waals surface area contributed by atoms with E-state index in [0.717, 1.165) is 44.7 Å². The van der Waals surface area contributed by atoms with Crippen LogP contribution in [-0.4, -0.2) is 14.2 Å². The summed E-state index contributed by atoms with van der Waals surface area (Å²) in [7, 11) is 3.30. The number of benzene rings is 3. The lowest BCUT2D eigenvalue weighted by Gasteiger charge is -2.13. The number of hydrogen-bond acceptors (Lipinski definition) is 4. The third-order valence-electron chi connectivity index (χ3n) is 4.34. The Morgan fingerprint density at radius 3 is 2.52 bits per heavy atom. The van der Waals surface area contributed by atoms with E-state index in [1.807, 2.05) is 48.5 Å². The van der Waals surface area contributed by atoms with Crippen LogP contribution >= 0.6 is 0 Å². The molecule has 4 heteroatoms. The van der Waals surface area contributed by atoms with Crippen molar-refractivity contribution in [3.8, 4) is 11.5 Å². The van der Waals surface area contributed by atoms with Gasteiger partial charge in [-0.2, -0.15) is 0 Å². The average Bonchev–Trinajstić information content (AvgIpc) is 3.03. The van der Waals surface area contributed by atoms with E-state index in [1.54, 1.807) is 14.2 Å². The predicted octanol–water partition coefficient (Wildman–Crippen LogP) is 5.22. The van der Waals surface area contributed by atoms with Gasteiger partial charge in [-0.3, -0.25) is 0 Å².